The van der Waals surface area contributed by atoms with Crippen LogP contribution in [0.3, 0.4) is 0 Å². The van der Waals surface area contributed by atoms with Gasteiger partial charge in [0.15, 0.2) is 5.82 Å². The van der Waals surface area contributed by atoms with E-state index in [2.05, 4.69) is 24.4 Å². The summed E-state index contributed by atoms with van der Waals surface area (Å²) < 4.78 is 16.1. The average Bonchev–Trinajstić information content (AvgIpc) is 3.19. The molecule has 1 atom stereocenters. The first-order chi connectivity index (χ1) is 12.5. The number of likely N-dealkylation sites (tertiary alicyclic amines) is 1. The van der Waals surface area contributed by atoms with Gasteiger partial charge in [-0.2, -0.15) is 0 Å². The molecule has 2 aromatic heterocycles. The van der Waals surface area contributed by atoms with Crippen LogP contribution in [0.2, 0.25) is 0 Å². The molecular formula is C18H21FN6O. The first kappa shape index (κ1) is 16.7. The maximum absolute atomic E-state index is 14.0. The molecule has 26 heavy (non-hydrogen) atoms. The van der Waals surface area contributed by atoms with Crippen LogP contribution in [0, 0.1) is 5.82 Å². The number of rotatable bonds is 4. The van der Waals surface area contributed by atoms with Crippen LogP contribution in [0.5, 0.6) is 0 Å². The van der Waals surface area contributed by atoms with Gasteiger partial charge in [-0.1, -0.05) is 6.07 Å². The zero-order chi connectivity index (χ0) is 18.3. The number of fused-ring (bicyclic) bond motifs is 1. The first-order valence-electron chi connectivity index (χ1n) is 8.78. The van der Waals surface area contributed by atoms with Crippen molar-refractivity contribution in [1.82, 2.24) is 24.4 Å². The zero-order valence-corrected chi connectivity index (χ0v) is 14.6. The van der Waals surface area contributed by atoms with Crippen LogP contribution in [-0.4, -0.2) is 37.5 Å². The molecule has 0 radical (unpaired) electrons. The molecule has 0 bridgehead atoms. The van der Waals surface area contributed by atoms with E-state index in [4.69, 9.17) is 5.73 Å². The number of nitrogens with two attached hydrogens (primary N) is 1. The molecule has 3 aromatic rings. The molecule has 1 aliphatic rings. The third kappa shape index (κ3) is 2.96. The van der Waals surface area contributed by atoms with Crippen LogP contribution in [-0.2, 0) is 13.1 Å². The average molecular weight is 356 g/mol. The van der Waals surface area contributed by atoms with Gasteiger partial charge in [0.25, 0.3) is 5.56 Å². The highest BCUT2D eigenvalue weighted by molar-refractivity contribution is 5.76. The van der Waals surface area contributed by atoms with Crippen LogP contribution in [0.25, 0.3) is 11.0 Å². The second kappa shape index (κ2) is 6.53. The summed E-state index contributed by atoms with van der Waals surface area (Å²) in [7, 11) is 0. The Kier molecular flexibility index (Phi) is 4.20. The minimum Gasteiger partial charge on any atom is -0.369 e. The molecule has 0 amide bonds. The Bertz CT molecular complexity index is 1010. The number of nitrogen functional groups attached to an aromatic ring is 1. The highest BCUT2D eigenvalue weighted by Crippen LogP contribution is 2.27. The van der Waals surface area contributed by atoms with Gasteiger partial charge in [0.1, 0.15) is 11.3 Å². The normalized spacial score (nSPS) is 18.0. The molecule has 4 rings (SSSR count). The topological polar surface area (TPSA) is 92.8 Å². The lowest BCUT2D eigenvalue weighted by Gasteiger charge is -2.16. The van der Waals surface area contributed by atoms with E-state index in [1.165, 1.54) is 12.1 Å². The summed E-state index contributed by atoms with van der Waals surface area (Å²) in [5.41, 5.74) is 7.39. The van der Waals surface area contributed by atoms with E-state index in [1.54, 1.807) is 6.07 Å². The largest absolute Gasteiger partial charge is 0.369 e. The van der Waals surface area contributed by atoms with Gasteiger partial charge in [0.05, 0.1) is 17.8 Å². The molecule has 0 aliphatic carbocycles. The third-order valence-electron chi connectivity index (χ3n) is 4.96. The number of hydrogen-bond donors (Lipinski definition) is 2. The number of anilines is 1. The summed E-state index contributed by atoms with van der Waals surface area (Å²) in [4.78, 5) is 25.1. The molecule has 3 N–H and O–H groups in total. The number of benzene rings is 1. The summed E-state index contributed by atoms with van der Waals surface area (Å²) >= 11 is 0. The molecule has 3 heterocycles. The van der Waals surface area contributed by atoms with E-state index in [9.17, 15) is 9.18 Å². The second-order valence-electron chi connectivity index (χ2n) is 6.66. The van der Waals surface area contributed by atoms with E-state index in [-0.39, 0.29) is 23.2 Å². The number of aromatic nitrogens is 4. The van der Waals surface area contributed by atoms with Crippen molar-refractivity contribution in [2.24, 2.45) is 0 Å². The number of H-pyrrole nitrogens is 1. The van der Waals surface area contributed by atoms with Crippen molar-refractivity contribution in [3.8, 4) is 0 Å². The van der Waals surface area contributed by atoms with E-state index in [0.717, 1.165) is 43.1 Å². The fourth-order valence-corrected chi connectivity index (χ4v) is 3.76. The lowest BCUT2D eigenvalue weighted by Crippen LogP contribution is -2.23. The van der Waals surface area contributed by atoms with E-state index >= 15 is 0 Å². The first-order valence-corrected chi connectivity index (χ1v) is 8.78. The predicted octanol–water partition coefficient (Wildman–Crippen LogP) is 1.85. The lowest BCUT2D eigenvalue weighted by atomic mass is 10.1. The summed E-state index contributed by atoms with van der Waals surface area (Å²) in [6.07, 6.45) is 0.899. The Balaban J connectivity index is 1.56. The zero-order valence-electron chi connectivity index (χ0n) is 14.6. The van der Waals surface area contributed by atoms with Crippen LogP contribution >= 0.6 is 0 Å². The maximum atomic E-state index is 14.0. The fourth-order valence-electron chi connectivity index (χ4n) is 3.76. The predicted molar refractivity (Wildman–Crippen MR) is 97.3 cm³/mol. The van der Waals surface area contributed by atoms with Crippen molar-refractivity contribution < 1.29 is 4.39 Å². The minimum atomic E-state index is -0.293. The van der Waals surface area contributed by atoms with Gasteiger partial charge in [-0.25, -0.2) is 14.4 Å². The number of nitrogens with zero attached hydrogens (tertiary/aromatic N) is 4. The smallest absolute Gasteiger partial charge is 0.252 e. The number of para-hydroxylation sites is 1. The van der Waals surface area contributed by atoms with Crippen molar-refractivity contribution in [3.05, 3.63) is 52.0 Å². The summed E-state index contributed by atoms with van der Waals surface area (Å²) in [5.74, 6) is 0.870. The van der Waals surface area contributed by atoms with Crippen molar-refractivity contribution in [2.75, 3.05) is 18.8 Å². The molecule has 7 nitrogen and oxygen atoms in total. The van der Waals surface area contributed by atoms with Crippen LogP contribution in [0.4, 0.5) is 10.3 Å². The molecule has 0 saturated carbocycles. The standard InChI is InChI=1S/C18H21FN6O/c1-2-25-14-5-3-4-12(19)17(14)22-15(25)10-24-7-6-11(9-24)13-8-16(26)23-18(20)21-13/h3-5,8,11H,2,6-7,9-10H2,1H3,(H3,20,21,23,26). The Morgan fingerprint density at radius 1 is 1.38 bits per heavy atom. The van der Waals surface area contributed by atoms with Crippen molar-refractivity contribution in [2.45, 2.75) is 32.4 Å². The molecule has 1 saturated heterocycles. The highest BCUT2D eigenvalue weighted by Gasteiger charge is 2.27. The van der Waals surface area contributed by atoms with Crippen molar-refractivity contribution in [1.29, 1.82) is 0 Å². The fraction of sp³-hybridized carbons (Fsp3) is 0.389. The number of imidazole rings is 1. The third-order valence-corrected chi connectivity index (χ3v) is 4.96. The van der Waals surface area contributed by atoms with E-state index in [1.807, 2.05) is 13.0 Å². The minimum absolute atomic E-state index is 0.147. The Morgan fingerprint density at radius 3 is 3.00 bits per heavy atom. The van der Waals surface area contributed by atoms with Crippen molar-refractivity contribution >= 4 is 17.0 Å². The molecule has 1 aliphatic heterocycles. The molecule has 1 aromatic carbocycles. The van der Waals surface area contributed by atoms with Gasteiger partial charge in [0, 0.05) is 25.1 Å². The van der Waals surface area contributed by atoms with Crippen LogP contribution in [0.15, 0.2) is 29.1 Å². The molecule has 8 heteroatoms. The van der Waals surface area contributed by atoms with Gasteiger partial charge in [-0.15, -0.1) is 0 Å². The van der Waals surface area contributed by atoms with Gasteiger partial charge < -0.3 is 10.3 Å². The summed E-state index contributed by atoms with van der Waals surface area (Å²) in [5, 5.41) is 0. The van der Waals surface area contributed by atoms with Crippen LogP contribution < -0.4 is 11.3 Å². The second-order valence-corrected chi connectivity index (χ2v) is 6.66. The van der Waals surface area contributed by atoms with Gasteiger partial charge >= 0.3 is 0 Å². The van der Waals surface area contributed by atoms with Gasteiger partial charge in [0.2, 0.25) is 5.95 Å². The quantitative estimate of drug-likeness (QED) is 0.744. The number of aromatic amines is 1. The number of nitrogens with one attached hydrogen (secondary N) is 1. The highest BCUT2D eigenvalue weighted by atomic mass is 19.1. The van der Waals surface area contributed by atoms with E-state index in [0.29, 0.717) is 12.1 Å². The Hall–Kier alpha value is -2.74. The van der Waals surface area contributed by atoms with Gasteiger partial charge in [-0.3, -0.25) is 14.7 Å². The molecule has 1 unspecified atom stereocenters. The number of halogens is 1. The molecule has 136 valence electrons. The number of aryl methyl sites for hydroxylation is 1. The van der Waals surface area contributed by atoms with Crippen molar-refractivity contribution in [3.63, 3.8) is 0 Å². The summed E-state index contributed by atoms with van der Waals surface area (Å²) in [6.45, 7) is 5.04. The van der Waals surface area contributed by atoms with Crippen LogP contribution in [0.1, 0.15) is 30.8 Å². The van der Waals surface area contributed by atoms with Gasteiger partial charge in [-0.05, 0) is 32.0 Å². The Labute approximate surface area is 149 Å². The monoisotopic (exact) mass is 356 g/mol. The Morgan fingerprint density at radius 2 is 2.23 bits per heavy atom. The SMILES string of the molecule is CCn1c(CN2CCC(c3cc(=O)[nH]c(N)n3)C2)nc2c(F)cccc21. The lowest BCUT2D eigenvalue weighted by molar-refractivity contribution is 0.313. The maximum Gasteiger partial charge on any atom is 0.252 e. The number of hydrogen-bond acceptors (Lipinski definition) is 5. The molecule has 0 spiro atoms. The van der Waals surface area contributed by atoms with E-state index < -0.39 is 0 Å². The molecule has 1 fully saturated rings. The summed E-state index contributed by atoms with van der Waals surface area (Å²) in [6, 6.07) is 6.56. The molecular weight excluding hydrogens is 335 g/mol.